The molecule has 1 saturated carbocycles. The van der Waals surface area contributed by atoms with Crippen LogP contribution >= 0.6 is 15.9 Å². The zero-order valence-electron chi connectivity index (χ0n) is 13.2. The Bertz CT molecular complexity index is 537. The van der Waals surface area contributed by atoms with Crippen LogP contribution in [0.5, 0.6) is 11.5 Å². The van der Waals surface area contributed by atoms with E-state index >= 15 is 0 Å². The van der Waals surface area contributed by atoms with Crippen LogP contribution in [0.1, 0.15) is 49.9 Å². The molecule has 1 aliphatic rings. The van der Waals surface area contributed by atoms with E-state index in [9.17, 15) is 4.79 Å². The molecule has 1 aliphatic carbocycles. The van der Waals surface area contributed by atoms with Crippen molar-refractivity contribution in [3.8, 4) is 11.5 Å². The molecule has 0 saturated heterocycles. The van der Waals surface area contributed by atoms with Crippen LogP contribution in [0, 0.1) is 11.3 Å². The van der Waals surface area contributed by atoms with Crippen LogP contribution in [0.4, 0.5) is 0 Å². The zero-order valence-corrected chi connectivity index (χ0v) is 14.7. The fourth-order valence-corrected chi connectivity index (χ4v) is 3.93. The van der Waals surface area contributed by atoms with E-state index in [0.717, 1.165) is 19.3 Å². The largest absolute Gasteiger partial charge is 0.495 e. The van der Waals surface area contributed by atoms with Crippen molar-refractivity contribution >= 4 is 21.7 Å². The van der Waals surface area contributed by atoms with Gasteiger partial charge in [0.25, 0.3) is 0 Å². The second-order valence-corrected chi connectivity index (χ2v) is 7.11. The highest BCUT2D eigenvalue weighted by atomic mass is 79.9. The summed E-state index contributed by atoms with van der Waals surface area (Å²) < 4.78 is 11.4. The summed E-state index contributed by atoms with van der Waals surface area (Å²) in [5, 5.41) is 0. The number of rotatable bonds is 4. The maximum Gasteiger partial charge on any atom is 0.170 e. The number of carbonyl (C=O) groups is 1. The highest BCUT2D eigenvalue weighted by Gasteiger charge is 2.38. The maximum absolute atomic E-state index is 13.0. The van der Waals surface area contributed by atoms with Crippen molar-refractivity contribution in [3.63, 3.8) is 0 Å². The number of Topliss-reactive ketones (excluding diaryl/α,β-unsaturated/α-hetero) is 1. The molecule has 0 radical (unpaired) electrons. The fourth-order valence-electron chi connectivity index (χ4n) is 3.26. The maximum atomic E-state index is 13.0. The molecule has 0 spiro atoms. The molecule has 0 heterocycles. The summed E-state index contributed by atoms with van der Waals surface area (Å²) in [7, 11) is 3.19. The van der Waals surface area contributed by atoms with Crippen molar-refractivity contribution in [2.75, 3.05) is 14.2 Å². The van der Waals surface area contributed by atoms with Crippen LogP contribution in [0.2, 0.25) is 0 Å². The molecule has 0 bridgehead atoms. The Morgan fingerprint density at radius 3 is 2.52 bits per heavy atom. The topological polar surface area (TPSA) is 35.5 Å². The van der Waals surface area contributed by atoms with Gasteiger partial charge in [0.2, 0.25) is 0 Å². The fraction of sp³-hybridized carbons (Fsp3) is 0.588. The summed E-state index contributed by atoms with van der Waals surface area (Å²) in [5.41, 5.74) is 0.692. The summed E-state index contributed by atoms with van der Waals surface area (Å²) in [6.45, 7) is 4.39. The first-order valence-electron chi connectivity index (χ1n) is 7.37. The monoisotopic (exact) mass is 354 g/mol. The van der Waals surface area contributed by atoms with Gasteiger partial charge in [0.05, 0.1) is 19.8 Å². The minimum absolute atomic E-state index is 0.0484. The third-order valence-corrected chi connectivity index (χ3v) is 5.33. The van der Waals surface area contributed by atoms with E-state index in [-0.39, 0.29) is 17.1 Å². The van der Waals surface area contributed by atoms with E-state index in [0.29, 0.717) is 21.5 Å². The number of hydrogen-bond donors (Lipinski definition) is 0. The van der Waals surface area contributed by atoms with Gasteiger partial charge < -0.3 is 9.47 Å². The molecule has 2 rings (SSSR count). The van der Waals surface area contributed by atoms with Gasteiger partial charge >= 0.3 is 0 Å². The Morgan fingerprint density at radius 1 is 1.24 bits per heavy atom. The molecule has 21 heavy (non-hydrogen) atoms. The molecule has 0 N–H and O–H groups in total. The average Bonchev–Trinajstić information content (AvgIpc) is 2.45. The van der Waals surface area contributed by atoms with Gasteiger partial charge in [0.15, 0.2) is 5.78 Å². The molecule has 1 unspecified atom stereocenters. The number of methoxy groups -OCH3 is 2. The molecule has 1 aromatic rings. The van der Waals surface area contributed by atoms with E-state index in [1.54, 1.807) is 14.2 Å². The molecule has 1 aromatic carbocycles. The number of benzene rings is 1. The number of ketones is 1. The van der Waals surface area contributed by atoms with Gasteiger partial charge in [-0.3, -0.25) is 4.79 Å². The van der Waals surface area contributed by atoms with Crippen LogP contribution in [-0.2, 0) is 0 Å². The Morgan fingerprint density at radius 2 is 1.95 bits per heavy atom. The SMILES string of the molecule is COc1ccc(C(=O)C2CCCCC2(C)C)c(OC)c1Br. The van der Waals surface area contributed by atoms with Crippen molar-refractivity contribution in [2.45, 2.75) is 39.5 Å². The highest BCUT2D eigenvalue weighted by molar-refractivity contribution is 9.10. The van der Waals surface area contributed by atoms with Gasteiger partial charge in [0, 0.05) is 5.92 Å². The summed E-state index contributed by atoms with van der Waals surface area (Å²) in [6.07, 6.45) is 4.39. The van der Waals surface area contributed by atoms with Crippen LogP contribution in [0.3, 0.4) is 0 Å². The first-order chi connectivity index (χ1) is 9.92. The minimum atomic E-state index is 0.0484. The molecular formula is C17H23BrO3. The van der Waals surface area contributed by atoms with Crippen molar-refractivity contribution in [1.29, 1.82) is 0 Å². The first kappa shape index (κ1) is 16.3. The van der Waals surface area contributed by atoms with Crippen molar-refractivity contribution in [3.05, 3.63) is 22.2 Å². The third-order valence-electron chi connectivity index (χ3n) is 4.57. The summed E-state index contributed by atoms with van der Waals surface area (Å²) in [5.74, 6) is 1.48. The second-order valence-electron chi connectivity index (χ2n) is 6.31. The number of hydrogen-bond acceptors (Lipinski definition) is 3. The molecule has 1 fully saturated rings. The molecular weight excluding hydrogens is 332 g/mol. The smallest absolute Gasteiger partial charge is 0.170 e. The molecule has 1 atom stereocenters. The lowest BCUT2D eigenvalue weighted by Crippen LogP contribution is -2.34. The molecule has 0 aliphatic heterocycles. The Kier molecular flexibility index (Phi) is 4.97. The minimum Gasteiger partial charge on any atom is -0.495 e. The first-order valence-corrected chi connectivity index (χ1v) is 8.16. The normalized spacial score (nSPS) is 20.9. The van der Waals surface area contributed by atoms with Gasteiger partial charge in [-0.2, -0.15) is 0 Å². The average molecular weight is 355 g/mol. The lowest BCUT2D eigenvalue weighted by Gasteiger charge is -2.37. The van der Waals surface area contributed by atoms with Crippen LogP contribution < -0.4 is 9.47 Å². The van der Waals surface area contributed by atoms with Crippen LogP contribution in [0.15, 0.2) is 16.6 Å². The third kappa shape index (κ3) is 3.10. The van der Waals surface area contributed by atoms with E-state index < -0.39 is 0 Å². The Labute approximate surface area is 135 Å². The van der Waals surface area contributed by atoms with E-state index in [1.165, 1.54) is 6.42 Å². The van der Waals surface area contributed by atoms with Crippen molar-refractivity contribution < 1.29 is 14.3 Å². The van der Waals surface area contributed by atoms with Crippen molar-refractivity contribution in [1.82, 2.24) is 0 Å². The van der Waals surface area contributed by atoms with Gasteiger partial charge in [-0.15, -0.1) is 0 Å². The van der Waals surface area contributed by atoms with E-state index in [2.05, 4.69) is 29.8 Å². The number of ether oxygens (including phenoxy) is 2. The molecule has 4 heteroatoms. The number of halogens is 1. The molecule has 0 amide bonds. The Hall–Kier alpha value is -1.03. The molecule has 3 nitrogen and oxygen atoms in total. The number of carbonyl (C=O) groups excluding carboxylic acids is 1. The predicted molar refractivity (Wildman–Crippen MR) is 87.3 cm³/mol. The van der Waals surface area contributed by atoms with Gasteiger partial charge in [-0.25, -0.2) is 0 Å². The predicted octanol–water partition coefficient (Wildman–Crippen LogP) is 4.87. The van der Waals surface area contributed by atoms with Gasteiger partial charge in [0.1, 0.15) is 16.0 Å². The van der Waals surface area contributed by atoms with Crippen molar-refractivity contribution in [2.24, 2.45) is 11.3 Å². The second kappa shape index (κ2) is 6.39. The standard InChI is InChI=1S/C17H23BrO3/c1-17(2)10-6-5-7-12(17)15(19)11-8-9-13(20-3)14(18)16(11)21-4/h8-9,12H,5-7,10H2,1-4H3. The van der Waals surface area contributed by atoms with Crippen LogP contribution in [-0.4, -0.2) is 20.0 Å². The van der Waals surface area contributed by atoms with Gasteiger partial charge in [-0.05, 0) is 46.3 Å². The molecule has 0 aromatic heterocycles. The molecule has 116 valence electrons. The summed E-state index contributed by atoms with van der Waals surface area (Å²) in [4.78, 5) is 13.0. The Balaban J connectivity index is 2.41. The summed E-state index contributed by atoms with van der Waals surface area (Å²) >= 11 is 3.47. The van der Waals surface area contributed by atoms with Gasteiger partial charge in [-0.1, -0.05) is 26.7 Å². The summed E-state index contributed by atoms with van der Waals surface area (Å²) in [6, 6.07) is 3.63. The highest BCUT2D eigenvalue weighted by Crippen LogP contribution is 2.45. The quantitative estimate of drug-likeness (QED) is 0.723. The van der Waals surface area contributed by atoms with Crippen LogP contribution in [0.25, 0.3) is 0 Å². The van der Waals surface area contributed by atoms with E-state index in [4.69, 9.17) is 9.47 Å². The lowest BCUT2D eigenvalue weighted by atomic mass is 9.66. The zero-order chi connectivity index (χ0) is 15.6. The van der Waals surface area contributed by atoms with E-state index in [1.807, 2.05) is 12.1 Å². The lowest BCUT2D eigenvalue weighted by molar-refractivity contribution is 0.0694.